The summed E-state index contributed by atoms with van der Waals surface area (Å²) in [6.45, 7) is 0.477. The Labute approximate surface area is 237 Å². The van der Waals surface area contributed by atoms with E-state index in [0.29, 0.717) is 16.5 Å². The number of halogens is 4. The predicted molar refractivity (Wildman–Crippen MR) is 145 cm³/mol. The maximum absolute atomic E-state index is 14.1. The molecule has 0 atom stereocenters. The number of benzene rings is 2. The number of rotatable bonds is 5. The highest BCUT2D eigenvalue weighted by Gasteiger charge is 2.36. The second kappa shape index (κ2) is 11.0. The van der Waals surface area contributed by atoms with Crippen LogP contribution in [0.2, 0.25) is 5.02 Å². The van der Waals surface area contributed by atoms with Gasteiger partial charge in [0.15, 0.2) is 0 Å². The number of alkyl halides is 3. The van der Waals surface area contributed by atoms with Crippen LogP contribution in [0.3, 0.4) is 0 Å². The summed E-state index contributed by atoms with van der Waals surface area (Å²) < 4.78 is 70.5. The highest BCUT2D eigenvalue weighted by Crippen LogP contribution is 2.37. The zero-order valence-electron chi connectivity index (χ0n) is 21.1. The molecule has 3 heterocycles. The Hall–Kier alpha value is -4.23. The van der Waals surface area contributed by atoms with E-state index >= 15 is 0 Å². The van der Waals surface area contributed by atoms with Crippen LogP contribution in [-0.2, 0) is 16.2 Å². The highest BCUT2D eigenvalue weighted by atomic mass is 35.5. The molecule has 0 spiro atoms. The predicted octanol–water partition coefficient (Wildman–Crippen LogP) is 4.70. The summed E-state index contributed by atoms with van der Waals surface area (Å²) in [5.74, 6) is -1.01. The number of piperazine rings is 1. The number of carbonyl (C=O) groups is 2. The van der Waals surface area contributed by atoms with Crippen molar-refractivity contribution < 1.29 is 31.2 Å². The minimum atomic E-state index is -4.97. The minimum Gasteiger partial charge on any atom is -0.335 e. The number of fused-ring (bicyclic) bond motifs is 1. The van der Waals surface area contributed by atoms with Gasteiger partial charge in [-0.2, -0.15) is 13.2 Å². The molecule has 0 saturated carbocycles. The van der Waals surface area contributed by atoms with Crippen molar-refractivity contribution in [2.45, 2.75) is 11.1 Å². The van der Waals surface area contributed by atoms with E-state index in [4.69, 9.17) is 11.6 Å². The molecule has 2 aromatic carbocycles. The molecule has 0 unspecified atom stereocenters. The standard InChI is InChI=1S/C27H21ClF3N5O4S/c28-20-13-19(15-32-16-20)26(38)36-11-9-35(10-12-36)25(37)18-6-7-22(21(14-18)27(29,30)31)34-41(39,40)23-5-1-3-17-4-2-8-33-24(17)23/h1-8,13-16,34H,9-12H2. The fourth-order valence-corrected chi connectivity index (χ4v) is 5.93. The van der Waals surface area contributed by atoms with E-state index in [1.54, 1.807) is 18.2 Å². The van der Waals surface area contributed by atoms with Crippen LogP contribution >= 0.6 is 11.6 Å². The molecular weight excluding hydrogens is 583 g/mol. The van der Waals surface area contributed by atoms with E-state index in [9.17, 15) is 31.2 Å². The quantitative estimate of drug-likeness (QED) is 0.354. The fraction of sp³-hybridized carbons (Fsp3) is 0.185. The van der Waals surface area contributed by atoms with Gasteiger partial charge < -0.3 is 9.80 Å². The molecule has 212 valence electrons. The number of anilines is 1. The summed E-state index contributed by atoms with van der Waals surface area (Å²) in [6, 6.07) is 11.7. The maximum Gasteiger partial charge on any atom is 0.418 e. The average Bonchev–Trinajstić information content (AvgIpc) is 2.95. The molecule has 14 heteroatoms. The van der Waals surface area contributed by atoms with Crippen LogP contribution in [0.5, 0.6) is 0 Å². The van der Waals surface area contributed by atoms with E-state index in [2.05, 4.69) is 9.97 Å². The van der Waals surface area contributed by atoms with Crippen LogP contribution in [0.1, 0.15) is 26.3 Å². The Bertz CT molecular complexity index is 1750. The first-order valence-corrected chi connectivity index (χ1v) is 14.1. The average molecular weight is 604 g/mol. The molecule has 1 saturated heterocycles. The molecule has 0 bridgehead atoms. The molecule has 1 aliphatic rings. The van der Waals surface area contributed by atoms with Crippen LogP contribution in [0.15, 0.2) is 78.1 Å². The number of amides is 2. The van der Waals surface area contributed by atoms with Gasteiger partial charge in [0.1, 0.15) is 4.90 Å². The largest absolute Gasteiger partial charge is 0.418 e. The summed E-state index contributed by atoms with van der Waals surface area (Å²) in [5.41, 5.74) is -1.93. The van der Waals surface area contributed by atoms with E-state index in [-0.39, 0.29) is 53.6 Å². The van der Waals surface area contributed by atoms with Crippen molar-refractivity contribution >= 4 is 50.0 Å². The lowest BCUT2D eigenvalue weighted by molar-refractivity contribution is -0.136. The molecular formula is C27H21ClF3N5O4S. The van der Waals surface area contributed by atoms with Crippen molar-refractivity contribution in [3.05, 3.63) is 94.9 Å². The molecule has 2 aromatic heterocycles. The second-order valence-electron chi connectivity index (χ2n) is 9.17. The Morgan fingerprint density at radius 3 is 2.20 bits per heavy atom. The Morgan fingerprint density at radius 1 is 0.878 bits per heavy atom. The van der Waals surface area contributed by atoms with E-state index in [1.165, 1.54) is 46.6 Å². The SMILES string of the molecule is O=C(c1cncc(Cl)c1)N1CCN(C(=O)c2ccc(NS(=O)(=O)c3cccc4cccnc34)c(C(F)(F)F)c2)CC1. The highest BCUT2D eigenvalue weighted by molar-refractivity contribution is 7.93. The number of hydrogen-bond acceptors (Lipinski definition) is 6. The third-order valence-corrected chi connectivity index (χ3v) is 8.11. The van der Waals surface area contributed by atoms with Gasteiger partial charge in [0, 0.05) is 55.7 Å². The maximum atomic E-state index is 14.1. The topological polar surface area (TPSA) is 113 Å². The van der Waals surface area contributed by atoms with Crippen LogP contribution in [0, 0.1) is 0 Å². The fourth-order valence-electron chi connectivity index (χ4n) is 4.50. The van der Waals surface area contributed by atoms with Crippen molar-refractivity contribution in [2.75, 3.05) is 30.9 Å². The molecule has 2 amide bonds. The van der Waals surface area contributed by atoms with Gasteiger partial charge in [0.05, 0.1) is 27.4 Å². The number of nitrogens with zero attached hydrogens (tertiary/aromatic N) is 4. The van der Waals surface area contributed by atoms with Crippen LogP contribution in [0.25, 0.3) is 10.9 Å². The first kappa shape index (κ1) is 28.3. The lowest BCUT2D eigenvalue weighted by atomic mass is 10.1. The van der Waals surface area contributed by atoms with Crippen molar-refractivity contribution in [3.63, 3.8) is 0 Å². The molecule has 0 radical (unpaired) electrons. The molecule has 4 aromatic rings. The summed E-state index contributed by atoms with van der Waals surface area (Å²) in [7, 11) is -4.47. The molecule has 1 aliphatic heterocycles. The summed E-state index contributed by atoms with van der Waals surface area (Å²) >= 11 is 5.90. The number of aromatic nitrogens is 2. The van der Waals surface area contributed by atoms with Crippen LogP contribution in [0.4, 0.5) is 18.9 Å². The Kier molecular flexibility index (Phi) is 7.58. The van der Waals surface area contributed by atoms with Crippen LogP contribution < -0.4 is 4.72 Å². The van der Waals surface area contributed by atoms with E-state index in [1.807, 2.05) is 4.72 Å². The number of nitrogens with one attached hydrogen (secondary N) is 1. The van der Waals surface area contributed by atoms with Gasteiger partial charge in [-0.25, -0.2) is 8.42 Å². The van der Waals surface area contributed by atoms with Gasteiger partial charge in [-0.05, 0) is 36.4 Å². The van der Waals surface area contributed by atoms with Gasteiger partial charge >= 0.3 is 6.18 Å². The number of carbonyl (C=O) groups excluding carboxylic acids is 2. The number of hydrogen-bond donors (Lipinski definition) is 1. The van der Waals surface area contributed by atoms with Gasteiger partial charge in [-0.1, -0.05) is 29.8 Å². The summed E-state index contributed by atoms with van der Waals surface area (Å²) in [6.07, 6.45) is -0.827. The smallest absolute Gasteiger partial charge is 0.335 e. The monoisotopic (exact) mass is 603 g/mol. The van der Waals surface area contributed by atoms with Crippen molar-refractivity contribution in [1.29, 1.82) is 0 Å². The lowest BCUT2D eigenvalue weighted by Crippen LogP contribution is -2.50. The lowest BCUT2D eigenvalue weighted by Gasteiger charge is -2.35. The second-order valence-corrected chi connectivity index (χ2v) is 11.3. The first-order valence-electron chi connectivity index (χ1n) is 12.2. The van der Waals surface area contributed by atoms with E-state index < -0.39 is 33.4 Å². The van der Waals surface area contributed by atoms with Gasteiger partial charge in [0.2, 0.25) is 0 Å². The van der Waals surface area contributed by atoms with Crippen LogP contribution in [-0.4, -0.2) is 66.2 Å². The number of sulfonamides is 1. The molecule has 9 nitrogen and oxygen atoms in total. The Balaban J connectivity index is 1.35. The zero-order valence-corrected chi connectivity index (χ0v) is 22.7. The number of pyridine rings is 2. The van der Waals surface area contributed by atoms with Crippen molar-refractivity contribution in [1.82, 2.24) is 19.8 Å². The molecule has 5 rings (SSSR count). The summed E-state index contributed by atoms with van der Waals surface area (Å²) in [5, 5.41) is 0.794. The van der Waals surface area contributed by atoms with Crippen molar-refractivity contribution in [2.24, 2.45) is 0 Å². The molecule has 1 fully saturated rings. The number of para-hydroxylation sites is 1. The van der Waals surface area contributed by atoms with Gasteiger partial charge in [-0.3, -0.25) is 24.3 Å². The Morgan fingerprint density at radius 2 is 1.54 bits per heavy atom. The molecule has 41 heavy (non-hydrogen) atoms. The normalized spacial score (nSPS) is 14.2. The van der Waals surface area contributed by atoms with Gasteiger partial charge in [-0.15, -0.1) is 0 Å². The summed E-state index contributed by atoms with van der Waals surface area (Å²) in [4.78, 5) is 36.3. The van der Waals surface area contributed by atoms with Gasteiger partial charge in [0.25, 0.3) is 21.8 Å². The first-order chi connectivity index (χ1) is 19.4. The van der Waals surface area contributed by atoms with E-state index in [0.717, 1.165) is 12.1 Å². The van der Waals surface area contributed by atoms with Crippen molar-refractivity contribution in [3.8, 4) is 0 Å². The third-order valence-electron chi connectivity index (χ3n) is 6.51. The minimum absolute atomic E-state index is 0.0857. The molecule has 1 N–H and O–H groups in total. The third kappa shape index (κ3) is 5.95. The molecule has 0 aliphatic carbocycles. The zero-order chi connectivity index (χ0) is 29.4.